The summed E-state index contributed by atoms with van der Waals surface area (Å²) < 4.78 is 5.56. The van der Waals surface area contributed by atoms with Gasteiger partial charge >= 0.3 is 0 Å². The van der Waals surface area contributed by atoms with Gasteiger partial charge in [-0.05, 0) is 18.2 Å². The first-order valence-electron chi connectivity index (χ1n) is 3.49. The van der Waals surface area contributed by atoms with Crippen molar-refractivity contribution in [2.24, 2.45) is 0 Å². The summed E-state index contributed by atoms with van der Waals surface area (Å²) in [5.41, 5.74) is 0.754. The molecule has 1 heterocycles. The lowest BCUT2D eigenvalue weighted by Crippen LogP contribution is -1.81. The normalized spacial score (nSPS) is 10.3. The van der Waals surface area contributed by atoms with Gasteiger partial charge in [0, 0.05) is 10.0 Å². The van der Waals surface area contributed by atoms with Gasteiger partial charge in [0.25, 0.3) is 0 Å². The van der Waals surface area contributed by atoms with Crippen LogP contribution in [0.25, 0.3) is 11.4 Å². The second-order valence-corrected chi connectivity index (χ2v) is 3.70. The van der Waals surface area contributed by atoms with Crippen LogP contribution in [0.4, 0.5) is 0 Å². The molecule has 2 aromatic rings. The van der Waals surface area contributed by atoms with Gasteiger partial charge in [0.15, 0.2) is 0 Å². The molecule has 13 heavy (non-hydrogen) atoms. The third-order valence-corrected chi connectivity index (χ3v) is 2.35. The molecule has 3 nitrogen and oxygen atoms in total. The van der Waals surface area contributed by atoms with Gasteiger partial charge in [-0.1, -0.05) is 32.7 Å². The van der Waals surface area contributed by atoms with Crippen molar-refractivity contribution < 1.29 is 4.52 Å². The van der Waals surface area contributed by atoms with E-state index < -0.39 is 0 Å². The van der Waals surface area contributed by atoms with Crippen LogP contribution < -0.4 is 0 Å². The topological polar surface area (TPSA) is 38.9 Å². The van der Waals surface area contributed by atoms with Crippen LogP contribution in [0, 0.1) is 0 Å². The molecular formula is C8H4BrClN2O. The Morgan fingerprint density at radius 2 is 2.23 bits per heavy atom. The van der Waals surface area contributed by atoms with Crippen LogP contribution in [0.2, 0.25) is 5.02 Å². The van der Waals surface area contributed by atoms with E-state index in [1.807, 2.05) is 12.1 Å². The summed E-state index contributed by atoms with van der Waals surface area (Å²) in [6.45, 7) is 0. The van der Waals surface area contributed by atoms with Crippen LogP contribution >= 0.6 is 27.5 Å². The Morgan fingerprint density at radius 3 is 2.92 bits per heavy atom. The van der Waals surface area contributed by atoms with Crippen molar-refractivity contribution in [3.05, 3.63) is 34.1 Å². The predicted octanol–water partition coefficient (Wildman–Crippen LogP) is 3.15. The summed E-state index contributed by atoms with van der Waals surface area (Å²) in [7, 11) is 0. The lowest BCUT2D eigenvalue weighted by atomic mass is 10.2. The zero-order valence-corrected chi connectivity index (χ0v) is 8.71. The predicted molar refractivity (Wildman–Crippen MR) is 52.4 cm³/mol. The Balaban J connectivity index is 2.57. The lowest BCUT2D eigenvalue weighted by Gasteiger charge is -1.98. The molecule has 0 saturated carbocycles. The molecule has 0 aliphatic rings. The third-order valence-electron chi connectivity index (χ3n) is 1.53. The van der Waals surface area contributed by atoms with Crippen LogP contribution in [0.15, 0.2) is 33.6 Å². The van der Waals surface area contributed by atoms with Crippen molar-refractivity contribution in [1.29, 1.82) is 0 Å². The first-order valence-corrected chi connectivity index (χ1v) is 4.66. The molecule has 0 atom stereocenters. The van der Waals surface area contributed by atoms with Crippen LogP contribution in [-0.2, 0) is 0 Å². The van der Waals surface area contributed by atoms with Gasteiger partial charge in [-0.3, -0.25) is 0 Å². The average molecular weight is 259 g/mol. The molecule has 0 bridgehead atoms. The molecule has 0 aliphatic heterocycles. The maximum absolute atomic E-state index is 5.95. The van der Waals surface area contributed by atoms with Gasteiger partial charge < -0.3 is 4.52 Å². The van der Waals surface area contributed by atoms with Crippen LogP contribution in [0.1, 0.15) is 0 Å². The molecule has 0 N–H and O–H groups in total. The Bertz CT molecular complexity index is 416. The van der Waals surface area contributed by atoms with E-state index in [9.17, 15) is 0 Å². The summed E-state index contributed by atoms with van der Waals surface area (Å²) in [6, 6.07) is 5.47. The van der Waals surface area contributed by atoms with Gasteiger partial charge in [0.1, 0.15) is 0 Å². The second-order valence-electron chi connectivity index (χ2n) is 2.38. The van der Waals surface area contributed by atoms with Crippen molar-refractivity contribution in [1.82, 2.24) is 10.1 Å². The minimum atomic E-state index is 0.492. The molecule has 0 unspecified atom stereocenters. The molecule has 0 saturated heterocycles. The van der Waals surface area contributed by atoms with Gasteiger partial charge in [0.2, 0.25) is 12.2 Å². The van der Waals surface area contributed by atoms with E-state index in [1.54, 1.807) is 6.07 Å². The molecule has 0 aliphatic carbocycles. The Labute approximate surface area is 87.8 Å². The Kier molecular flexibility index (Phi) is 2.33. The first kappa shape index (κ1) is 8.72. The van der Waals surface area contributed by atoms with Gasteiger partial charge in [-0.2, -0.15) is 4.98 Å². The molecule has 1 aromatic carbocycles. The highest BCUT2D eigenvalue weighted by atomic mass is 79.9. The second kappa shape index (κ2) is 3.47. The van der Waals surface area contributed by atoms with Crippen LogP contribution in [0.3, 0.4) is 0 Å². The van der Waals surface area contributed by atoms with Crippen molar-refractivity contribution in [3.8, 4) is 11.4 Å². The highest BCUT2D eigenvalue weighted by molar-refractivity contribution is 9.10. The number of rotatable bonds is 1. The quantitative estimate of drug-likeness (QED) is 0.790. The smallest absolute Gasteiger partial charge is 0.214 e. The van der Waals surface area contributed by atoms with Gasteiger partial charge in [-0.15, -0.1) is 0 Å². The van der Waals surface area contributed by atoms with E-state index in [2.05, 4.69) is 30.6 Å². The lowest BCUT2D eigenvalue weighted by molar-refractivity contribution is 0.419. The molecule has 0 amide bonds. The monoisotopic (exact) mass is 258 g/mol. The molecule has 5 heteroatoms. The largest absolute Gasteiger partial charge is 0.342 e. The molecule has 0 radical (unpaired) electrons. The molecule has 0 spiro atoms. The Hall–Kier alpha value is -0.870. The van der Waals surface area contributed by atoms with E-state index >= 15 is 0 Å². The fourth-order valence-corrected chi connectivity index (χ4v) is 1.52. The van der Waals surface area contributed by atoms with Crippen molar-refractivity contribution in [3.63, 3.8) is 0 Å². The van der Waals surface area contributed by atoms with E-state index in [4.69, 9.17) is 11.6 Å². The molecule has 0 fully saturated rings. The van der Waals surface area contributed by atoms with Crippen molar-refractivity contribution in [2.75, 3.05) is 0 Å². The van der Waals surface area contributed by atoms with E-state index in [1.165, 1.54) is 6.39 Å². The third kappa shape index (κ3) is 1.73. The number of aromatic nitrogens is 2. The molecule has 1 aromatic heterocycles. The van der Waals surface area contributed by atoms with Crippen LogP contribution in [0.5, 0.6) is 0 Å². The number of hydrogen-bond donors (Lipinski definition) is 0. The minimum absolute atomic E-state index is 0.492. The van der Waals surface area contributed by atoms with Crippen LogP contribution in [-0.4, -0.2) is 10.1 Å². The molecule has 2 rings (SSSR count). The molecule has 66 valence electrons. The zero-order chi connectivity index (χ0) is 9.26. The maximum Gasteiger partial charge on any atom is 0.214 e. The fraction of sp³-hybridized carbons (Fsp3) is 0. The average Bonchev–Trinajstić information content (AvgIpc) is 2.61. The summed E-state index contributed by atoms with van der Waals surface area (Å²) in [5, 5.41) is 4.30. The standard InChI is InChI=1S/C8H4BrClN2O/c9-5-1-2-7(10)6(3-5)8-11-4-13-12-8/h1-4H. The van der Waals surface area contributed by atoms with E-state index in [0.29, 0.717) is 10.8 Å². The van der Waals surface area contributed by atoms with Gasteiger partial charge in [-0.25, -0.2) is 0 Å². The number of benzene rings is 1. The zero-order valence-electron chi connectivity index (χ0n) is 6.37. The number of nitrogens with zero attached hydrogens (tertiary/aromatic N) is 2. The first-order chi connectivity index (χ1) is 6.27. The van der Waals surface area contributed by atoms with E-state index in [-0.39, 0.29) is 0 Å². The van der Waals surface area contributed by atoms with Crippen molar-refractivity contribution >= 4 is 27.5 Å². The number of hydrogen-bond acceptors (Lipinski definition) is 3. The summed E-state index contributed by atoms with van der Waals surface area (Å²) in [6.07, 6.45) is 1.27. The highest BCUT2D eigenvalue weighted by Gasteiger charge is 2.07. The summed E-state index contributed by atoms with van der Waals surface area (Å²) in [5.74, 6) is 0.492. The maximum atomic E-state index is 5.95. The Morgan fingerprint density at radius 1 is 1.38 bits per heavy atom. The number of halogens is 2. The SMILES string of the molecule is Clc1ccc(Br)cc1-c1ncon1. The van der Waals surface area contributed by atoms with Gasteiger partial charge in [0.05, 0.1) is 5.02 Å². The fourth-order valence-electron chi connectivity index (χ4n) is 0.958. The van der Waals surface area contributed by atoms with E-state index in [0.717, 1.165) is 10.0 Å². The highest BCUT2D eigenvalue weighted by Crippen LogP contribution is 2.27. The summed E-state index contributed by atoms with van der Waals surface area (Å²) in [4.78, 5) is 3.91. The van der Waals surface area contributed by atoms with Crippen molar-refractivity contribution in [2.45, 2.75) is 0 Å². The minimum Gasteiger partial charge on any atom is -0.342 e. The molecular weight excluding hydrogens is 255 g/mol. The summed E-state index contributed by atoms with van der Waals surface area (Å²) >= 11 is 9.28.